The monoisotopic (exact) mass is 517 g/mol. The molecule has 0 atom stereocenters. The molecule has 0 amide bonds. The van der Waals surface area contributed by atoms with E-state index in [1.807, 2.05) is 6.07 Å². The predicted molar refractivity (Wildman–Crippen MR) is 130 cm³/mol. The van der Waals surface area contributed by atoms with E-state index in [-0.39, 0.29) is 35.3 Å². The lowest BCUT2D eigenvalue weighted by Crippen LogP contribution is -2.62. The molecule has 0 aliphatic carbocycles. The predicted octanol–water partition coefficient (Wildman–Crippen LogP) is 3.45. The first-order valence-corrected chi connectivity index (χ1v) is 10.8. The van der Waals surface area contributed by atoms with Gasteiger partial charge in [0.05, 0.1) is 6.54 Å². The fourth-order valence-corrected chi connectivity index (χ4v) is 4.39. The van der Waals surface area contributed by atoms with Crippen LogP contribution in [0.15, 0.2) is 29.3 Å². The number of halogens is 2. The van der Waals surface area contributed by atoms with Gasteiger partial charge < -0.3 is 15.5 Å². The molecule has 0 unspecified atom stereocenters. The van der Waals surface area contributed by atoms with E-state index in [1.165, 1.54) is 51.3 Å². The van der Waals surface area contributed by atoms with Crippen molar-refractivity contribution < 1.29 is 4.39 Å². The third-order valence-corrected chi connectivity index (χ3v) is 6.24. The average molecular weight is 517 g/mol. The largest absolute Gasteiger partial charge is 0.357 e. The smallest absolute Gasteiger partial charge is 0.191 e. The van der Waals surface area contributed by atoms with Crippen molar-refractivity contribution in [3.63, 3.8) is 0 Å². The van der Waals surface area contributed by atoms with Crippen molar-refractivity contribution in [1.29, 1.82) is 0 Å². The highest BCUT2D eigenvalue weighted by molar-refractivity contribution is 14.0. The third kappa shape index (κ3) is 6.79. The molecular formula is C22H37FIN5. The minimum atomic E-state index is -0.192. The number of hydrogen-bond acceptors (Lipinski definition) is 3. The Hall–Kier alpha value is -0.930. The molecule has 2 aliphatic heterocycles. The Morgan fingerprint density at radius 3 is 2.41 bits per heavy atom. The van der Waals surface area contributed by atoms with Gasteiger partial charge in [0, 0.05) is 24.2 Å². The lowest BCUT2D eigenvalue weighted by atomic mass is 9.84. The number of nitrogens with zero attached hydrogens (tertiary/aromatic N) is 3. The maximum atomic E-state index is 13.9. The molecule has 0 spiro atoms. The zero-order valence-corrected chi connectivity index (χ0v) is 20.3. The number of aliphatic imine (C=N–C) groups is 1. The molecule has 1 aromatic rings. The Morgan fingerprint density at radius 2 is 1.76 bits per heavy atom. The van der Waals surface area contributed by atoms with Gasteiger partial charge in [-0.05, 0) is 71.9 Å². The quantitative estimate of drug-likeness (QED) is 0.345. The van der Waals surface area contributed by atoms with Gasteiger partial charge in [-0.1, -0.05) is 24.6 Å². The fourth-order valence-electron chi connectivity index (χ4n) is 4.39. The summed E-state index contributed by atoms with van der Waals surface area (Å²) in [5.74, 6) is 0.586. The summed E-state index contributed by atoms with van der Waals surface area (Å²) in [6.07, 6.45) is 6.33. The van der Waals surface area contributed by atoms with Crippen LogP contribution in [0, 0.1) is 5.82 Å². The first-order valence-electron chi connectivity index (χ1n) is 10.8. The molecule has 2 fully saturated rings. The number of benzene rings is 1. The molecule has 164 valence electrons. The molecule has 0 saturated carbocycles. The maximum Gasteiger partial charge on any atom is 0.191 e. The summed E-state index contributed by atoms with van der Waals surface area (Å²) in [6.45, 7) is 8.79. The normalized spacial score (nSPS) is 20.7. The van der Waals surface area contributed by atoms with E-state index in [0.29, 0.717) is 12.1 Å². The van der Waals surface area contributed by atoms with Crippen LogP contribution < -0.4 is 10.6 Å². The number of rotatable bonds is 6. The first-order chi connectivity index (χ1) is 13.6. The number of piperidine rings is 2. The molecule has 2 N–H and O–H groups in total. The van der Waals surface area contributed by atoms with Gasteiger partial charge in [-0.25, -0.2) is 9.38 Å². The van der Waals surface area contributed by atoms with Crippen LogP contribution >= 0.6 is 24.0 Å². The summed E-state index contributed by atoms with van der Waals surface area (Å²) >= 11 is 0. The summed E-state index contributed by atoms with van der Waals surface area (Å²) in [7, 11) is 2.22. The van der Waals surface area contributed by atoms with E-state index in [4.69, 9.17) is 0 Å². The second kappa shape index (κ2) is 12.1. The van der Waals surface area contributed by atoms with Gasteiger partial charge in [0.2, 0.25) is 0 Å². The zero-order chi connectivity index (χ0) is 19.8. The number of guanidine groups is 1. The number of nitrogens with one attached hydrogen (secondary N) is 2. The van der Waals surface area contributed by atoms with Crippen LogP contribution in [0.2, 0.25) is 0 Å². The summed E-state index contributed by atoms with van der Waals surface area (Å²) in [5, 5.41) is 6.92. The Balaban J connectivity index is 0.00000300. The van der Waals surface area contributed by atoms with Gasteiger partial charge >= 0.3 is 0 Å². The lowest BCUT2D eigenvalue weighted by molar-refractivity contribution is 0.0173. The van der Waals surface area contributed by atoms with Gasteiger partial charge in [0.15, 0.2) is 5.96 Å². The number of hydrogen-bond donors (Lipinski definition) is 2. The van der Waals surface area contributed by atoms with E-state index in [2.05, 4.69) is 39.4 Å². The average Bonchev–Trinajstić information content (AvgIpc) is 2.73. The van der Waals surface area contributed by atoms with Crippen molar-refractivity contribution in [2.75, 3.05) is 46.3 Å². The molecule has 0 radical (unpaired) electrons. The lowest BCUT2D eigenvalue weighted by Gasteiger charge is -2.50. The molecule has 2 saturated heterocycles. The van der Waals surface area contributed by atoms with Gasteiger partial charge in [0.1, 0.15) is 5.82 Å². The molecule has 2 aliphatic rings. The maximum absolute atomic E-state index is 13.9. The summed E-state index contributed by atoms with van der Waals surface area (Å²) in [6, 6.07) is 6.87. The van der Waals surface area contributed by atoms with Gasteiger partial charge in [-0.15, -0.1) is 24.0 Å². The Labute approximate surface area is 192 Å². The topological polar surface area (TPSA) is 42.9 Å². The molecule has 0 aromatic heterocycles. The number of likely N-dealkylation sites (tertiary alicyclic amines) is 2. The highest BCUT2D eigenvalue weighted by atomic mass is 127. The molecule has 5 nitrogen and oxygen atoms in total. The first kappa shape index (κ1) is 24.3. The van der Waals surface area contributed by atoms with E-state index in [0.717, 1.165) is 32.1 Å². The van der Waals surface area contributed by atoms with Crippen molar-refractivity contribution in [1.82, 2.24) is 20.4 Å². The zero-order valence-electron chi connectivity index (χ0n) is 17.9. The van der Waals surface area contributed by atoms with Crippen LogP contribution in [0.5, 0.6) is 0 Å². The molecule has 1 aromatic carbocycles. The highest BCUT2D eigenvalue weighted by Crippen LogP contribution is 2.30. The van der Waals surface area contributed by atoms with Gasteiger partial charge in [-0.2, -0.15) is 0 Å². The van der Waals surface area contributed by atoms with Crippen LogP contribution in [0.3, 0.4) is 0 Å². The SMILES string of the molecule is CCNC(=NCc1ccccc1F)NCC1(N2CCCCC2)CCN(C)CC1.I. The highest BCUT2D eigenvalue weighted by Gasteiger charge is 2.39. The van der Waals surface area contributed by atoms with Crippen molar-refractivity contribution in [2.24, 2.45) is 4.99 Å². The van der Waals surface area contributed by atoms with Gasteiger partial charge in [-0.3, -0.25) is 4.90 Å². The van der Waals surface area contributed by atoms with Crippen LogP contribution in [0.4, 0.5) is 4.39 Å². The minimum Gasteiger partial charge on any atom is -0.357 e. The molecule has 2 heterocycles. The molecule has 7 heteroatoms. The third-order valence-electron chi connectivity index (χ3n) is 6.24. The van der Waals surface area contributed by atoms with Crippen LogP contribution in [0.1, 0.15) is 44.6 Å². The van der Waals surface area contributed by atoms with E-state index >= 15 is 0 Å². The van der Waals surface area contributed by atoms with Gasteiger partial charge in [0.25, 0.3) is 0 Å². The van der Waals surface area contributed by atoms with Crippen molar-refractivity contribution >= 4 is 29.9 Å². The summed E-state index contributed by atoms with van der Waals surface area (Å²) in [4.78, 5) is 9.80. The van der Waals surface area contributed by atoms with Crippen LogP contribution in [-0.2, 0) is 6.54 Å². The Kier molecular flexibility index (Phi) is 10.1. The molecule has 0 bridgehead atoms. The molecule has 3 rings (SSSR count). The van der Waals surface area contributed by atoms with E-state index < -0.39 is 0 Å². The van der Waals surface area contributed by atoms with E-state index in [9.17, 15) is 4.39 Å². The Morgan fingerprint density at radius 1 is 1.07 bits per heavy atom. The van der Waals surface area contributed by atoms with Crippen molar-refractivity contribution in [2.45, 2.75) is 51.1 Å². The second-order valence-corrected chi connectivity index (χ2v) is 8.22. The standard InChI is InChI=1S/C22H36FN5.HI/c1-3-24-21(25-17-19-9-5-6-10-20(19)23)26-18-22(11-15-27(2)16-12-22)28-13-7-4-8-14-28;/h5-6,9-10H,3-4,7-8,11-18H2,1-2H3,(H2,24,25,26);1H. The van der Waals surface area contributed by atoms with Crippen LogP contribution in [0.25, 0.3) is 0 Å². The minimum absolute atomic E-state index is 0. The molecule has 29 heavy (non-hydrogen) atoms. The Bertz CT molecular complexity index is 640. The van der Waals surface area contributed by atoms with Crippen molar-refractivity contribution in [3.8, 4) is 0 Å². The van der Waals surface area contributed by atoms with Crippen LogP contribution in [-0.4, -0.2) is 67.6 Å². The van der Waals surface area contributed by atoms with Crippen molar-refractivity contribution in [3.05, 3.63) is 35.6 Å². The summed E-state index contributed by atoms with van der Waals surface area (Å²) in [5.41, 5.74) is 0.825. The van der Waals surface area contributed by atoms with E-state index in [1.54, 1.807) is 12.1 Å². The summed E-state index contributed by atoms with van der Waals surface area (Å²) < 4.78 is 13.9. The second-order valence-electron chi connectivity index (χ2n) is 8.22. The molecular weight excluding hydrogens is 480 g/mol. The fraction of sp³-hybridized carbons (Fsp3) is 0.682.